The van der Waals surface area contributed by atoms with Gasteiger partial charge in [-0.1, -0.05) is 51.4 Å². The van der Waals surface area contributed by atoms with E-state index >= 15 is 0 Å². The lowest BCUT2D eigenvalue weighted by atomic mass is 10.1. The Bertz CT molecular complexity index is 622. The van der Waals surface area contributed by atoms with Crippen molar-refractivity contribution in [3.8, 4) is 0 Å². The van der Waals surface area contributed by atoms with Gasteiger partial charge in [-0.15, -0.1) is 0 Å². The number of nitrogens with zero attached hydrogens (tertiary/aromatic N) is 1. The number of likely N-dealkylation sites (tertiary alicyclic amines) is 1. The molecule has 1 aromatic heterocycles. The van der Waals surface area contributed by atoms with Crippen LogP contribution in [-0.4, -0.2) is 46.0 Å². The lowest BCUT2D eigenvalue weighted by molar-refractivity contribution is -0.138. The Morgan fingerprint density at radius 3 is 1.93 bits per heavy atom. The van der Waals surface area contributed by atoms with Crippen molar-refractivity contribution < 1.29 is 29.0 Å². The number of aliphatic hydroxyl groups excluding tert-OH is 1. The first-order valence-corrected chi connectivity index (χ1v) is 10.9. The molecule has 0 bridgehead atoms. The number of aliphatic hydroxyl groups is 1. The summed E-state index contributed by atoms with van der Waals surface area (Å²) in [6.45, 7) is 0.945. The van der Waals surface area contributed by atoms with Crippen molar-refractivity contribution in [3.05, 3.63) is 30.2 Å². The van der Waals surface area contributed by atoms with Crippen LogP contribution in [0.25, 0.3) is 6.08 Å². The predicted octanol–water partition coefficient (Wildman–Crippen LogP) is 4.41. The van der Waals surface area contributed by atoms with Crippen molar-refractivity contribution in [2.75, 3.05) is 13.2 Å². The summed E-state index contributed by atoms with van der Waals surface area (Å²) in [6.07, 6.45) is 16.4. The Balaban J connectivity index is 0.000000375. The fourth-order valence-electron chi connectivity index (χ4n) is 3.21. The third-order valence-corrected chi connectivity index (χ3v) is 4.88. The SMILES string of the molecule is O=C(O)C=Cc1ccco1.O=C1CCC(=O)N1CCCCCCCCCCCCO. The number of rotatable bonds is 14. The number of amides is 2. The number of carbonyl (C=O) groups excluding carboxylic acids is 2. The van der Waals surface area contributed by atoms with E-state index in [-0.39, 0.29) is 11.8 Å². The van der Waals surface area contributed by atoms with Crippen LogP contribution in [0.15, 0.2) is 28.9 Å². The highest BCUT2D eigenvalue weighted by Crippen LogP contribution is 2.14. The van der Waals surface area contributed by atoms with Gasteiger partial charge in [0.1, 0.15) is 5.76 Å². The Morgan fingerprint density at radius 2 is 1.47 bits per heavy atom. The summed E-state index contributed by atoms with van der Waals surface area (Å²) in [7, 11) is 0. The number of furan rings is 1. The summed E-state index contributed by atoms with van der Waals surface area (Å²) in [4.78, 5) is 34.2. The molecule has 30 heavy (non-hydrogen) atoms. The minimum atomic E-state index is -0.976. The summed E-state index contributed by atoms with van der Waals surface area (Å²) >= 11 is 0. The molecule has 0 spiro atoms. The van der Waals surface area contributed by atoms with E-state index in [1.807, 2.05) is 0 Å². The van der Waals surface area contributed by atoms with Crippen molar-refractivity contribution >= 4 is 23.9 Å². The van der Waals surface area contributed by atoms with E-state index in [0.717, 1.165) is 31.8 Å². The van der Waals surface area contributed by atoms with Gasteiger partial charge in [0.25, 0.3) is 0 Å². The fraction of sp³-hybridized carbons (Fsp3) is 0.609. The van der Waals surface area contributed by atoms with Crippen molar-refractivity contribution in [2.45, 2.75) is 77.0 Å². The second kappa shape index (κ2) is 16.4. The first-order chi connectivity index (χ1) is 14.5. The number of hydrogen-bond donors (Lipinski definition) is 2. The van der Waals surface area contributed by atoms with Gasteiger partial charge in [0.2, 0.25) is 11.8 Å². The van der Waals surface area contributed by atoms with Gasteiger partial charge in [0, 0.05) is 32.1 Å². The molecule has 7 heteroatoms. The second-order valence-electron chi connectivity index (χ2n) is 7.39. The lowest BCUT2D eigenvalue weighted by Crippen LogP contribution is -2.29. The van der Waals surface area contributed by atoms with Crippen LogP contribution in [-0.2, 0) is 14.4 Å². The van der Waals surface area contributed by atoms with E-state index in [9.17, 15) is 14.4 Å². The molecule has 0 atom stereocenters. The van der Waals surface area contributed by atoms with Gasteiger partial charge in [-0.25, -0.2) is 4.79 Å². The molecule has 1 saturated heterocycles. The van der Waals surface area contributed by atoms with Crippen LogP contribution in [0, 0.1) is 0 Å². The Morgan fingerprint density at radius 1 is 0.933 bits per heavy atom. The summed E-state index contributed by atoms with van der Waals surface area (Å²) in [5, 5.41) is 16.8. The molecule has 1 aliphatic heterocycles. The standard InChI is InChI=1S/C16H29NO3.C7H6O3/c18-14-10-8-6-4-2-1-3-5-7-9-13-17-15(19)11-12-16(17)20;8-7(9)4-3-6-2-1-5-10-6/h18H,1-14H2;1-5H,(H,8,9). The molecule has 0 aliphatic carbocycles. The third-order valence-electron chi connectivity index (χ3n) is 4.88. The molecule has 7 nitrogen and oxygen atoms in total. The van der Waals surface area contributed by atoms with Crippen LogP contribution in [0.2, 0.25) is 0 Å². The molecule has 0 saturated carbocycles. The van der Waals surface area contributed by atoms with Crippen LogP contribution in [0.1, 0.15) is 82.8 Å². The molecule has 2 N–H and O–H groups in total. The molecule has 2 rings (SSSR count). The van der Waals surface area contributed by atoms with Crippen LogP contribution < -0.4 is 0 Å². The predicted molar refractivity (Wildman–Crippen MR) is 115 cm³/mol. The number of imide groups is 1. The van der Waals surface area contributed by atoms with Crippen LogP contribution in [0.3, 0.4) is 0 Å². The fourth-order valence-corrected chi connectivity index (χ4v) is 3.21. The van der Waals surface area contributed by atoms with E-state index in [1.165, 1.54) is 55.8 Å². The lowest BCUT2D eigenvalue weighted by Gasteiger charge is -2.13. The summed E-state index contributed by atoms with van der Waals surface area (Å²) in [5.41, 5.74) is 0. The zero-order valence-electron chi connectivity index (χ0n) is 17.8. The maximum atomic E-state index is 11.4. The van der Waals surface area contributed by atoms with E-state index in [4.69, 9.17) is 14.6 Å². The quantitative estimate of drug-likeness (QED) is 0.262. The normalized spacial score (nSPS) is 13.7. The van der Waals surface area contributed by atoms with Gasteiger partial charge >= 0.3 is 5.97 Å². The van der Waals surface area contributed by atoms with Gasteiger partial charge in [-0.2, -0.15) is 0 Å². The first kappa shape index (κ1) is 25.6. The number of carboxylic acid groups (broad SMARTS) is 1. The Labute approximate surface area is 178 Å². The Kier molecular flexibility index (Phi) is 14.0. The zero-order valence-corrected chi connectivity index (χ0v) is 17.8. The number of carboxylic acids is 1. The van der Waals surface area contributed by atoms with Gasteiger partial charge in [-0.3, -0.25) is 14.5 Å². The highest BCUT2D eigenvalue weighted by molar-refractivity contribution is 6.01. The van der Waals surface area contributed by atoms with Gasteiger partial charge in [-0.05, 0) is 31.1 Å². The molecule has 168 valence electrons. The van der Waals surface area contributed by atoms with E-state index in [1.54, 1.807) is 12.1 Å². The number of carbonyl (C=O) groups is 3. The highest BCUT2D eigenvalue weighted by atomic mass is 16.4. The van der Waals surface area contributed by atoms with Crippen molar-refractivity contribution in [1.29, 1.82) is 0 Å². The van der Waals surface area contributed by atoms with Crippen molar-refractivity contribution in [2.24, 2.45) is 0 Å². The monoisotopic (exact) mass is 421 g/mol. The largest absolute Gasteiger partial charge is 0.478 e. The first-order valence-electron chi connectivity index (χ1n) is 10.9. The topological polar surface area (TPSA) is 108 Å². The minimum absolute atomic E-state index is 0.0119. The molecule has 1 aromatic rings. The smallest absolute Gasteiger partial charge is 0.328 e. The molecular weight excluding hydrogens is 386 g/mol. The van der Waals surface area contributed by atoms with Gasteiger partial charge in [0.15, 0.2) is 0 Å². The summed E-state index contributed by atoms with van der Waals surface area (Å²) in [6, 6.07) is 3.38. The zero-order chi connectivity index (χ0) is 22.0. The average Bonchev–Trinajstić information content (AvgIpc) is 3.36. The number of unbranched alkanes of at least 4 members (excludes halogenated alkanes) is 9. The second-order valence-corrected chi connectivity index (χ2v) is 7.39. The Hall–Kier alpha value is -2.41. The van der Waals surface area contributed by atoms with Crippen LogP contribution >= 0.6 is 0 Å². The molecule has 0 aromatic carbocycles. The highest BCUT2D eigenvalue weighted by Gasteiger charge is 2.27. The summed E-state index contributed by atoms with van der Waals surface area (Å²) in [5.74, 6) is -0.408. The van der Waals surface area contributed by atoms with Crippen molar-refractivity contribution in [1.82, 2.24) is 4.90 Å². The van der Waals surface area contributed by atoms with Crippen LogP contribution in [0.5, 0.6) is 0 Å². The molecule has 0 radical (unpaired) electrons. The van der Waals surface area contributed by atoms with Gasteiger partial charge in [0.05, 0.1) is 6.26 Å². The molecule has 1 aliphatic rings. The number of aliphatic carboxylic acids is 1. The maximum absolute atomic E-state index is 11.4. The molecular formula is C23H35NO6. The molecule has 2 amide bonds. The number of hydrogen-bond acceptors (Lipinski definition) is 5. The summed E-state index contributed by atoms with van der Waals surface area (Å²) < 4.78 is 4.83. The van der Waals surface area contributed by atoms with E-state index in [2.05, 4.69) is 0 Å². The van der Waals surface area contributed by atoms with Crippen molar-refractivity contribution in [3.63, 3.8) is 0 Å². The molecule has 1 fully saturated rings. The van der Waals surface area contributed by atoms with Gasteiger partial charge < -0.3 is 14.6 Å². The average molecular weight is 422 g/mol. The van der Waals surface area contributed by atoms with Crippen LogP contribution in [0.4, 0.5) is 0 Å². The third kappa shape index (κ3) is 12.2. The minimum Gasteiger partial charge on any atom is -0.478 e. The maximum Gasteiger partial charge on any atom is 0.328 e. The molecule has 0 unspecified atom stereocenters. The van der Waals surface area contributed by atoms with E-state index in [0.29, 0.717) is 31.8 Å². The van der Waals surface area contributed by atoms with E-state index < -0.39 is 5.97 Å². The molecule has 2 heterocycles.